The molecule has 0 fully saturated rings. The maximum absolute atomic E-state index is 11.8. The summed E-state index contributed by atoms with van der Waals surface area (Å²) < 4.78 is 11.8. The van der Waals surface area contributed by atoms with Crippen LogP contribution in [0.2, 0.25) is 0 Å². The summed E-state index contributed by atoms with van der Waals surface area (Å²) in [7, 11) is 0. The monoisotopic (exact) mass is 145 g/mol. The van der Waals surface area contributed by atoms with Crippen molar-refractivity contribution in [3.8, 4) is 0 Å². The van der Waals surface area contributed by atoms with Crippen LogP contribution < -0.4 is 0 Å². The van der Waals surface area contributed by atoms with Gasteiger partial charge in [-0.15, -0.1) is 0 Å². The number of halogens is 1. The van der Waals surface area contributed by atoms with Gasteiger partial charge in [-0.25, -0.2) is 4.39 Å². The van der Waals surface area contributed by atoms with Crippen LogP contribution in [0, 0.1) is 0 Å². The zero-order valence-electron chi connectivity index (χ0n) is 6.86. The van der Waals surface area contributed by atoms with Crippen LogP contribution in [0.1, 0.15) is 13.8 Å². The predicted molar refractivity (Wildman–Crippen MR) is 42.9 cm³/mol. The van der Waals surface area contributed by atoms with Crippen LogP contribution in [0.5, 0.6) is 0 Å². The number of likely N-dealkylation sites (N-methyl/N-ethyl adjacent to an activating group) is 1. The molecule has 0 radical (unpaired) electrons. The molecule has 0 aliphatic rings. The molecule has 0 amide bonds. The molecule has 0 N–H and O–H groups in total. The molecule has 0 bridgehead atoms. The predicted octanol–water partition coefficient (Wildman–Crippen LogP) is 1.85. The van der Waals surface area contributed by atoms with Gasteiger partial charge < -0.3 is 0 Å². The highest BCUT2D eigenvalue weighted by Crippen LogP contribution is 1.94. The lowest BCUT2D eigenvalue weighted by atomic mass is 10.3. The van der Waals surface area contributed by atoms with Crippen molar-refractivity contribution in [2.75, 3.05) is 26.3 Å². The van der Waals surface area contributed by atoms with Crippen LogP contribution in [0.4, 0.5) is 4.39 Å². The Balaban J connectivity index is 3.49. The lowest BCUT2D eigenvalue weighted by Crippen LogP contribution is -2.27. The van der Waals surface area contributed by atoms with Crippen LogP contribution in [0.15, 0.2) is 12.2 Å². The fourth-order valence-corrected chi connectivity index (χ4v) is 0.850. The number of hydrogen-bond donors (Lipinski definition) is 0. The molecule has 2 heteroatoms. The topological polar surface area (TPSA) is 3.24 Å². The van der Waals surface area contributed by atoms with E-state index in [-0.39, 0.29) is 6.67 Å². The van der Waals surface area contributed by atoms with Gasteiger partial charge in [0.1, 0.15) is 6.67 Å². The summed E-state index contributed by atoms with van der Waals surface area (Å²) in [6.45, 7) is 9.73. The standard InChI is InChI=1S/C8H16FN/c1-4-10(6-5-9)7-8(2)3/h2,4-7H2,1,3H3. The molecule has 0 rings (SSSR count). The minimum atomic E-state index is -0.263. The average molecular weight is 145 g/mol. The van der Waals surface area contributed by atoms with Crippen LogP contribution in [0.25, 0.3) is 0 Å². The Kier molecular flexibility index (Phi) is 5.22. The van der Waals surface area contributed by atoms with Crippen molar-refractivity contribution in [1.29, 1.82) is 0 Å². The quantitative estimate of drug-likeness (QED) is 0.534. The van der Waals surface area contributed by atoms with Gasteiger partial charge in [-0.05, 0) is 13.5 Å². The highest BCUT2D eigenvalue weighted by atomic mass is 19.1. The van der Waals surface area contributed by atoms with Crippen molar-refractivity contribution >= 4 is 0 Å². The minimum absolute atomic E-state index is 0.263. The average Bonchev–Trinajstić information content (AvgIpc) is 1.86. The highest BCUT2D eigenvalue weighted by molar-refractivity contribution is 4.91. The Morgan fingerprint density at radius 1 is 1.60 bits per heavy atom. The van der Waals surface area contributed by atoms with Gasteiger partial charge >= 0.3 is 0 Å². The van der Waals surface area contributed by atoms with Crippen LogP contribution >= 0.6 is 0 Å². The Hall–Kier alpha value is -0.370. The molecule has 0 saturated carbocycles. The van der Waals surface area contributed by atoms with E-state index in [4.69, 9.17) is 0 Å². The smallest absolute Gasteiger partial charge is 0.102 e. The first-order valence-corrected chi connectivity index (χ1v) is 3.63. The normalized spacial score (nSPS) is 10.4. The van der Waals surface area contributed by atoms with Gasteiger partial charge in [-0.2, -0.15) is 0 Å². The summed E-state index contributed by atoms with van der Waals surface area (Å²) >= 11 is 0. The van der Waals surface area contributed by atoms with Gasteiger partial charge in [0.2, 0.25) is 0 Å². The second-order valence-corrected chi connectivity index (χ2v) is 2.51. The zero-order chi connectivity index (χ0) is 7.98. The molecule has 10 heavy (non-hydrogen) atoms. The fraction of sp³-hybridized carbons (Fsp3) is 0.750. The van der Waals surface area contributed by atoms with Crippen molar-refractivity contribution < 1.29 is 4.39 Å². The minimum Gasteiger partial charge on any atom is -0.297 e. The lowest BCUT2D eigenvalue weighted by molar-refractivity contribution is 0.278. The summed E-state index contributed by atoms with van der Waals surface area (Å²) in [6.07, 6.45) is 0. The molecule has 0 aromatic carbocycles. The molecule has 0 saturated heterocycles. The molecule has 0 aromatic heterocycles. The number of rotatable bonds is 5. The SMILES string of the molecule is C=C(C)CN(CC)CCF. The lowest BCUT2D eigenvalue weighted by Gasteiger charge is -2.17. The number of nitrogens with zero attached hydrogens (tertiary/aromatic N) is 1. The molecule has 0 spiro atoms. The third kappa shape index (κ3) is 4.50. The molecule has 0 aliphatic heterocycles. The second kappa shape index (κ2) is 5.42. The first-order chi connectivity index (χ1) is 4.70. The van der Waals surface area contributed by atoms with E-state index >= 15 is 0 Å². The third-order valence-corrected chi connectivity index (χ3v) is 1.34. The van der Waals surface area contributed by atoms with Crippen LogP contribution in [-0.2, 0) is 0 Å². The Morgan fingerprint density at radius 3 is 2.50 bits per heavy atom. The Morgan fingerprint density at radius 2 is 2.20 bits per heavy atom. The van der Waals surface area contributed by atoms with Gasteiger partial charge in [0.25, 0.3) is 0 Å². The van der Waals surface area contributed by atoms with Crippen LogP contribution in [0.3, 0.4) is 0 Å². The van der Waals surface area contributed by atoms with E-state index in [1.54, 1.807) is 0 Å². The van der Waals surface area contributed by atoms with Crippen molar-refractivity contribution in [2.45, 2.75) is 13.8 Å². The Bertz CT molecular complexity index is 101. The molecule has 0 aromatic rings. The van der Waals surface area contributed by atoms with E-state index in [0.717, 1.165) is 18.7 Å². The molecule has 0 aliphatic carbocycles. The van der Waals surface area contributed by atoms with E-state index in [9.17, 15) is 4.39 Å². The van der Waals surface area contributed by atoms with Crippen molar-refractivity contribution in [3.63, 3.8) is 0 Å². The summed E-state index contributed by atoms with van der Waals surface area (Å²) in [4.78, 5) is 2.03. The molecule has 1 nitrogen and oxygen atoms in total. The maximum atomic E-state index is 11.8. The molecular weight excluding hydrogens is 129 g/mol. The summed E-state index contributed by atoms with van der Waals surface area (Å²) in [5, 5.41) is 0. The van der Waals surface area contributed by atoms with Crippen molar-refractivity contribution in [1.82, 2.24) is 4.90 Å². The van der Waals surface area contributed by atoms with Gasteiger partial charge in [0.15, 0.2) is 0 Å². The van der Waals surface area contributed by atoms with E-state index in [2.05, 4.69) is 6.58 Å². The van der Waals surface area contributed by atoms with E-state index in [1.807, 2.05) is 18.7 Å². The van der Waals surface area contributed by atoms with Gasteiger partial charge in [-0.3, -0.25) is 4.90 Å². The first kappa shape index (κ1) is 9.63. The van der Waals surface area contributed by atoms with E-state index < -0.39 is 0 Å². The van der Waals surface area contributed by atoms with E-state index in [0.29, 0.717) is 6.54 Å². The fourth-order valence-electron chi connectivity index (χ4n) is 0.850. The first-order valence-electron chi connectivity index (χ1n) is 3.63. The maximum Gasteiger partial charge on any atom is 0.102 e. The molecule has 60 valence electrons. The largest absolute Gasteiger partial charge is 0.297 e. The molecule has 0 heterocycles. The van der Waals surface area contributed by atoms with Gasteiger partial charge in [0, 0.05) is 13.1 Å². The second-order valence-electron chi connectivity index (χ2n) is 2.51. The number of hydrogen-bond acceptors (Lipinski definition) is 1. The highest BCUT2D eigenvalue weighted by Gasteiger charge is 1.99. The van der Waals surface area contributed by atoms with E-state index in [1.165, 1.54) is 0 Å². The van der Waals surface area contributed by atoms with Crippen molar-refractivity contribution in [3.05, 3.63) is 12.2 Å². The van der Waals surface area contributed by atoms with Gasteiger partial charge in [-0.1, -0.05) is 19.1 Å². The summed E-state index contributed by atoms with van der Waals surface area (Å²) in [5.41, 5.74) is 1.09. The van der Waals surface area contributed by atoms with Gasteiger partial charge in [0.05, 0.1) is 0 Å². The zero-order valence-corrected chi connectivity index (χ0v) is 6.86. The summed E-state index contributed by atoms with van der Waals surface area (Å²) in [5.74, 6) is 0. The molecular formula is C8H16FN. The summed E-state index contributed by atoms with van der Waals surface area (Å²) in [6, 6.07) is 0. The third-order valence-electron chi connectivity index (χ3n) is 1.34. The number of alkyl halides is 1. The van der Waals surface area contributed by atoms with Crippen molar-refractivity contribution in [2.24, 2.45) is 0 Å². The Labute approximate surface area is 62.5 Å². The molecule has 0 atom stereocenters. The molecule has 0 unspecified atom stereocenters. The van der Waals surface area contributed by atoms with Crippen LogP contribution in [-0.4, -0.2) is 31.2 Å².